The minimum atomic E-state index is -3.46. The van der Waals surface area contributed by atoms with Gasteiger partial charge in [0.25, 0.3) is 5.91 Å². The standard InChI is InChI=1S/C19H18N2O3S/c1-21(25(2,23)24)18-10-6-5-9-17(18)19(22)20-16-12-11-14-7-3-4-8-15(14)13-16/h3-13H,1-2H3,(H,20,22). The van der Waals surface area contributed by atoms with Crippen LogP contribution < -0.4 is 9.62 Å². The van der Waals surface area contributed by atoms with Crippen LogP contribution in [0, 0.1) is 0 Å². The average Bonchev–Trinajstić information content (AvgIpc) is 2.60. The Labute approximate surface area is 146 Å². The van der Waals surface area contributed by atoms with Crippen LogP contribution in [0.3, 0.4) is 0 Å². The number of carbonyl (C=O) groups excluding carboxylic acids is 1. The molecule has 0 saturated carbocycles. The molecular formula is C19H18N2O3S. The summed E-state index contributed by atoms with van der Waals surface area (Å²) in [5.74, 6) is -0.360. The van der Waals surface area contributed by atoms with Crippen LogP contribution in [0.2, 0.25) is 0 Å². The molecule has 0 fully saturated rings. The second-order valence-corrected chi connectivity index (χ2v) is 7.78. The van der Waals surface area contributed by atoms with E-state index in [-0.39, 0.29) is 5.91 Å². The molecule has 0 heterocycles. The zero-order valence-corrected chi connectivity index (χ0v) is 14.7. The van der Waals surface area contributed by atoms with Crippen molar-refractivity contribution < 1.29 is 13.2 Å². The molecule has 0 radical (unpaired) electrons. The molecule has 3 aromatic carbocycles. The van der Waals surface area contributed by atoms with Gasteiger partial charge in [-0.2, -0.15) is 0 Å². The van der Waals surface area contributed by atoms with Crippen molar-refractivity contribution in [2.45, 2.75) is 0 Å². The van der Waals surface area contributed by atoms with Crippen molar-refractivity contribution in [1.82, 2.24) is 0 Å². The number of amides is 1. The molecule has 3 rings (SSSR count). The summed E-state index contributed by atoms with van der Waals surface area (Å²) in [5.41, 5.74) is 1.28. The summed E-state index contributed by atoms with van der Waals surface area (Å²) in [6, 6.07) is 20.1. The van der Waals surface area contributed by atoms with E-state index in [1.165, 1.54) is 7.05 Å². The van der Waals surface area contributed by atoms with Crippen LogP contribution in [0.4, 0.5) is 11.4 Å². The topological polar surface area (TPSA) is 66.5 Å². The number of para-hydroxylation sites is 1. The zero-order valence-electron chi connectivity index (χ0n) is 13.9. The van der Waals surface area contributed by atoms with Crippen molar-refractivity contribution in [1.29, 1.82) is 0 Å². The van der Waals surface area contributed by atoms with E-state index in [0.29, 0.717) is 16.9 Å². The number of nitrogens with one attached hydrogen (secondary N) is 1. The van der Waals surface area contributed by atoms with Gasteiger partial charge in [0.05, 0.1) is 17.5 Å². The van der Waals surface area contributed by atoms with Crippen LogP contribution in [0.1, 0.15) is 10.4 Å². The lowest BCUT2D eigenvalue weighted by molar-refractivity contribution is 0.102. The molecule has 0 aromatic heterocycles. The van der Waals surface area contributed by atoms with Gasteiger partial charge in [-0.3, -0.25) is 9.10 Å². The van der Waals surface area contributed by atoms with E-state index in [1.807, 2.05) is 42.5 Å². The van der Waals surface area contributed by atoms with Crippen LogP contribution in [0.5, 0.6) is 0 Å². The van der Waals surface area contributed by atoms with Crippen molar-refractivity contribution in [2.24, 2.45) is 0 Å². The minimum absolute atomic E-state index is 0.295. The highest BCUT2D eigenvalue weighted by Crippen LogP contribution is 2.24. The monoisotopic (exact) mass is 354 g/mol. The first kappa shape index (κ1) is 17.0. The molecule has 1 N–H and O–H groups in total. The molecule has 6 heteroatoms. The first-order chi connectivity index (χ1) is 11.9. The number of benzene rings is 3. The van der Waals surface area contributed by atoms with E-state index in [2.05, 4.69) is 5.32 Å². The van der Waals surface area contributed by atoms with Gasteiger partial charge in [0, 0.05) is 12.7 Å². The summed E-state index contributed by atoms with van der Waals surface area (Å²) >= 11 is 0. The Morgan fingerprint density at radius 2 is 1.56 bits per heavy atom. The maximum absolute atomic E-state index is 12.7. The largest absolute Gasteiger partial charge is 0.322 e. The molecule has 0 aliphatic carbocycles. The highest BCUT2D eigenvalue weighted by molar-refractivity contribution is 7.92. The summed E-state index contributed by atoms with van der Waals surface area (Å²) < 4.78 is 24.7. The highest BCUT2D eigenvalue weighted by atomic mass is 32.2. The molecule has 1 amide bonds. The Balaban J connectivity index is 1.93. The minimum Gasteiger partial charge on any atom is -0.322 e. The van der Waals surface area contributed by atoms with Gasteiger partial charge in [0.15, 0.2) is 0 Å². The second-order valence-electron chi connectivity index (χ2n) is 5.76. The molecule has 0 aliphatic rings. The number of anilines is 2. The van der Waals surface area contributed by atoms with Gasteiger partial charge in [0.2, 0.25) is 10.0 Å². The molecule has 0 atom stereocenters. The van der Waals surface area contributed by atoms with Crippen molar-refractivity contribution in [3.8, 4) is 0 Å². The maximum atomic E-state index is 12.7. The number of sulfonamides is 1. The summed E-state index contributed by atoms with van der Waals surface area (Å²) in [7, 11) is -2.03. The average molecular weight is 354 g/mol. The van der Waals surface area contributed by atoms with E-state index in [9.17, 15) is 13.2 Å². The van der Waals surface area contributed by atoms with Crippen molar-refractivity contribution in [3.05, 3.63) is 72.3 Å². The smallest absolute Gasteiger partial charge is 0.257 e. The number of rotatable bonds is 4. The Bertz CT molecular complexity index is 1050. The molecule has 128 valence electrons. The number of fused-ring (bicyclic) bond motifs is 1. The fourth-order valence-electron chi connectivity index (χ4n) is 2.58. The van der Waals surface area contributed by atoms with Gasteiger partial charge in [-0.25, -0.2) is 8.42 Å². The maximum Gasteiger partial charge on any atom is 0.257 e. The summed E-state index contributed by atoms with van der Waals surface area (Å²) in [6.45, 7) is 0. The summed E-state index contributed by atoms with van der Waals surface area (Å²) in [6.07, 6.45) is 1.10. The molecule has 0 saturated heterocycles. The Hall–Kier alpha value is -2.86. The van der Waals surface area contributed by atoms with Crippen molar-refractivity contribution in [2.75, 3.05) is 22.9 Å². The van der Waals surface area contributed by atoms with E-state index < -0.39 is 10.0 Å². The van der Waals surface area contributed by atoms with E-state index in [4.69, 9.17) is 0 Å². The molecular weight excluding hydrogens is 336 g/mol. The number of nitrogens with zero attached hydrogens (tertiary/aromatic N) is 1. The van der Waals surface area contributed by atoms with E-state index in [0.717, 1.165) is 21.3 Å². The Kier molecular flexibility index (Phi) is 4.46. The van der Waals surface area contributed by atoms with Crippen molar-refractivity contribution in [3.63, 3.8) is 0 Å². The number of hydrogen-bond donors (Lipinski definition) is 1. The predicted molar refractivity (Wildman–Crippen MR) is 102 cm³/mol. The van der Waals surface area contributed by atoms with Crippen LogP contribution in [-0.4, -0.2) is 27.6 Å². The third-order valence-electron chi connectivity index (χ3n) is 3.99. The van der Waals surface area contributed by atoms with Crippen molar-refractivity contribution >= 4 is 38.1 Å². The molecule has 3 aromatic rings. The number of hydrogen-bond acceptors (Lipinski definition) is 3. The van der Waals surface area contributed by atoms with Crippen LogP contribution in [0.25, 0.3) is 10.8 Å². The van der Waals surface area contributed by atoms with Gasteiger partial charge in [-0.05, 0) is 35.0 Å². The Morgan fingerprint density at radius 1 is 0.920 bits per heavy atom. The second kappa shape index (κ2) is 6.57. The summed E-state index contributed by atoms with van der Waals surface area (Å²) in [5, 5.41) is 4.93. The van der Waals surface area contributed by atoms with Gasteiger partial charge in [-0.1, -0.05) is 42.5 Å². The first-order valence-corrected chi connectivity index (χ1v) is 9.54. The fourth-order valence-corrected chi connectivity index (χ4v) is 3.10. The van der Waals surface area contributed by atoms with Gasteiger partial charge < -0.3 is 5.32 Å². The molecule has 0 bridgehead atoms. The molecule has 25 heavy (non-hydrogen) atoms. The molecule has 0 unspecified atom stereocenters. The normalized spacial score (nSPS) is 11.3. The molecule has 0 aliphatic heterocycles. The zero-order chi connectivity index (χ0) is 18.0. The highest BCUT2D eigenvalue weighted by Gasteiger charge is 2.19. The number of carbonyl (C=O) groups is 1. The van der Waals surface area contributed by atoms with Gasteiger partial charge in [-0.15, -0.1) is 0 Å². The van der Waals surface area contributed by atoms with Crippen LogP contribution in [-0.2, 0) is 10.0 Å². The fraction of sp³-hybridized carbons (Fsp3) is 0.105. The molecule has 0 spiro atoms. The lowest BCUT2D eigenvalue weighted by atomic mass is 10.1. The SMILES string of the molecule is CN(c1ccccc1C(=O)Nc1ccc2ccccc2c1)S(C)(=O)=O. The lowest BCUT2D eigenvalue weighted by Gasteiger charge is -2.19. The van der Waals surface area contributed by atoms with Crippen LogP contribution >= 0.6 is 0 Å². The third-order valence-corrected chi connectivity index (χ3v) is 5.18. The van der Waals surface area contributed by atoms with E-state index in [1.54, 1.807) is 24.3 Å². The van der Waals surface area contributed by atoms with Gasteiger partial charge >= 0.3 is 0 Å². The molecule has 5 nitrogen and oxygen atoms in total. The third kappa shape index (κ3) is 3.64. The van der Waals surface area contributed by atoms with Gasteiger partial charge in [0.1, 0.15) is 0 Å². The predicted octanol–water partition coefficient (Wildman–Crippen LogP) is 3.49. The summed E-state index contributed by atoms with van der Waals surface area (Å²) in [4.78, 5) is 12.7. The first-order valence-electron chi connectivity index (χ1n) is 7.69. The lowest BCUT2D eigenvalue weighted by Crippen LogP contribution is -2.27. The van der Waals surface area contributed by atoms with Crippen LogP contribution in [0.15, 0.2) is 66.7 Å². The Morgan fingerprint density at radius 3 is 2.28 bits per heavy atom. The quantitative estimate of drug-likeness (QED) is 0.780. The van der Waals surface area contributed by atoms with E-state index >= 15 is 0 Å².